The molecule has 1 aromatic carbocycles. The lowest BCUT2D eigenvalue weighted by molar-refractivity contribution is -0.111. The van der Waals surface area contributed by atoms with Crippen LogP contribution in [0.4, 0.5) is 9.52 Å². The van der Waals surface area contributed by atoms with Gasteiger partial charge in [0.25, 0.3) is 0 Å². The summed E-state index contributed by atoms with van der Waals surface area (Å²) in [5, 5.41) is 3.26. The van der Waals surface area contributed by atoms with Crippen LogP contribution in [0.1, 0.15) is 16.0 Å². The zero-order valence-corrected chi connectivity index (χ0v) is 13.5. The van der Waals surface area contributed by atoms with Gasteiger partial charge < -0.3 is 0 Å². The van der Waals surface area contributed by atoms with E-state index in [0.29, 0.717) is 11.6 Å². The van der Waals surface area contributed by atoms with E-state index in [9.17, 15) is 9.18 Å². The standard InChI is InChI=1S/C18H14FN3OS/c19-15-6-3-13(4-7-15)10-16-12-21-18(24-16)22-17(23)8-5-14-2-1-9-20-11-14/h1-9,11-12H,10H2,(H,21,22,23). The van der Waals surface area contributed by atoms with Crippen molar-refractivity contribution < 1.29 is 9.18 Å². The second-order valence-corrected chi connectivity index (χ2v) is 6.16. The predicted octanol–water partition coefficient (Wildman–Crippen LogP) is 3.92. The molecule has 0 aliphatic carbocycles. The fourth-order valence-electron chi connectivity index (χ4n) is 2.04. The minimum atomic E-state index is -0.253. The van der Waals surface area contributed by atoms with E-state index in [1.54, 1.807) is 42.9 Å². The van der Waals surface area contributed by atoms with Crippen LogP contribution >= 0.6 is 11.3 Å². The first kappa shape index (κ1) is 16.0. The van der Waals surface area contributed by atoms with Gasteiger partial charge in [0.05, 0.1) is 0 Å². The summed E-state index contributed by atoms with van der Waals surface area (Å²) >= 11 is 1.40. The summed E-state index contributed by atoms with van der Waals surface area (Å²) in [7, 11) is 0. The lowest BCUT2D eigenvalue weighted by Crippen LogP contribution is -2.07. The number of rotatable bonds is 5. The summed E-state index contributed by atoms with van der Waals surface area (Å²) in [5.41, 5.74) is 1.85. The van der Waals surface area contributed by atoms with E-state index in [0.717, 1.165) is 16.0 Å². The number of carbonyl (C=O) groups is 1. The Hall–Kier alpha value is -2.86. The Kier molecular flexibility index (Phi) is 5.08. The molecule has 0 spiro atoms. The smallest absolute Gasteiger partial charge is 0.250 e. The number of carbonyl (C=O) groups excluding carboxylic acids is 1. The van der Waals surface area contributed by atoms with Gasteiger partial charge in [0.2, 0.25) is 5.91 Å². The number of hydrogen-bond acceptors (Lipinski definition) is 4. The molecule has 0 unspecified atom stereocenters. The van der Waals surface area contributed by atoms with Crippen molar-refractivity contribution in [1.29, 1.82) is 0 Å². The minimum absolute atomic E-state index is 0.249. The van der Waals surface area contributed by atoms with Crippen molar-refractivity contribution in [2.45, 2.75) is 6.42 Å². The molecular weight excluding hydrogens is 325 g/mol. The Bertz CT molecular complexity index is 844. The normalized spacial score (nSPS) is 10.9. The van der Waals surface area contributed by atoms with Crippen LogP contribution < -0.4 is 5.32 Å². The van der Waals surface area contributed by atoms with E-state index in [-0.39, 0.29) is 11.7 Å². The fourth-order valence-corrected chi connectivity index (χ4v) is 2.89. The molecule has 0 bridgehead atoms. The fraction of sp³-hybridized carbons (Fsp3) is 0.0556. The highest BCUT2D eigenvalue weighted by molar-refractivity contribution is 7.15. The highest BCUT2D eigenvalue weighted by Gasteiger charge is 2.05. The average molecular weight is 339 g/mol. The average Bonchev–Trinajstić information content (AvgIpc) is 3.03. The van der Waals surface area contributed by atoms with Crippen molar-refractivity contribution in [3.63, 3.8) is 0 Å². The first-order chi connectivity index (χ1) is 11.7. The maximum atomic E-state index is 12.9. The predicted molar refractivity (Wildman–Crippen MR) is 93.2 cm³/mol. The molecule has 4 nitrogen and oxygen atoms in total. The van der Waals surface area contributed by atoms with Crippen LogP contribution in [-0.2, 0) is 11.2 Å². The van der Waals surface area contributed by atoms with Gasteiger partial charge in [0.15, 0.2) is 5.13 Å². The number of thiazole rings is 1. The van der Waals surface area contributed by atoms with E-state index >= 15 is 0 Å². The molecule has 2 heterocycles. The Labute approximate surface area is 142 Å². The van der Waals surface area contributed by atoms with Gasteiger partial charge in [0, 0.05) is 36.0 Å². The number of anilines is 1. The van der Waals surface area contributed by atoms with Crippen LogP contribution in [-0.4, -0.2) is 15.9 Å². The molecular formula is C18H14FN3OS. The van der Waals surface area contributed by atoms with E-state index in [1.807, 2.05) is 6.07 Å². The number of nitrogens with one attached hydrogen (secondary N) is 1. The molecule has 0 aliphatic rings. The summed E-state index contributed by atoms with van der Waals surface area (Å²) in [6, 6.07) is 10.0. The molecule has 0 radical (unpaired) electrons. The second-order valence-electron chi connectivity index (χ2n) is 5.04. The third kappa shape index (κ3) is 4.57. The Morgan fingerprint density at radius 1 is 1.21 bits per heavy atom. The van der Waals surface area contributed by atoms with E-state index in [2.05, 4.69) is 15.3 Å². The molecule has 1 amide bonds. The monoisotopic (exact) mass is 339 g/mol. The molecule has 0 atom stereocenters. The van der Waals surface area contributed by atoms with Gasteiger partial charge in [-0.05, 0) is 35.4 Å². The van der Waals surface area contributed by atoms with Crippen molar-refractivity contribution in [2.24, 2.45) is 0 Å². The van der Waals surface area contributed by atoms with Crippen molar-refractivity contribution in [3.8, 4) is 0 Å². The largest absolute Gasteiger partial charge is 0.298 e. The Morgan fingerprint density at radius 2 is 2.04 bits per heavy atom. The maximum absolute atomic E-state index is 12.9. The molecule has 3 rings (SSSR count). The third-order valence-electron chi connectivity index (χ3n) is 3.19. The summed E-state index contributed by atoms with van der Waals surface area (Å²) in [6.45, 7) is 0. The number of hydrogen-bond donors (Lipinski definition) is 1. The van der Waals surface area contributed by atoms with E-state index < -0.39 is 0 Å². The molecule has 3 aromatic rings. The zero-order valence-electron chi connectivity index (χ0n) is 12.6. The first-order valence-electron chi connectivity index (χ1n) is 7.27. The second kappa shape index (κ2) is 7.61. The first-order valence-corrected chi connectivity index (χ1v) is 8.09. The quantitative estimate of drug-likeness (QED) is 0.717. The molecule has 1 N–H and O–H groups in total. The summed E-state index contributed by atoms with van der Waals surface area (Å²) in [4.78, 5) is 21.1. The van der Waals surface area contributed by atoms with Gasteiger partial charge in [-0.25, -0.2) is 9.37 Å². The van der Waals surface area contributed by atoms with Crippen LogP contribution in [0.5, 0.6) is 0 Å². The molecule has 0 aliphatic heterocycles. The lowest BCUT2D eigenvalue weighted by atomic mass is 10.1. The highest BCUT2D eigenvalue weighted by atomic mass is 32.1. The summed E-state index contributed by atoms with van der Waals surface area (Å²) in [6.07, 6.45) is 8.85. The van der Waals surface area contributed by atoms with Gasteiger partial charge >= 0.3 is 0 Å². The third-order valence-corrected chi connectivity index (χ3v) is 4.10. The SMILES string of the molecule is O=C(C=Cc1cccnc1)Nc1ncc(Cc2ccc(F)cc2)s1. The van der Waals surface area contributed by atoms with Gasteiger partial charge in [0.1, 0.15) is 5.82 Å². The van der Waals surface area contributed by atoms with Crippen LogP contribution in [0.2, 0.25) is 0 Å². The number of benzene rings is 1. The number of aromatic nitrogens is 2. The molecule has 120 valence electrons. The number of nitrogens with zero attached hydrogens (tertiary/aromatic N) is 2. The topological polar surface area (TPSA) is 54.9 Å². The number of amides is 1. The summed E-state index contributed by atoms with van der Waals surface area (Å²) in [5.74, 6) is -0.502. The summed E-state index contributed by atoms with van der Waals surface area (Å²) < 4.78 is 12.9. The molecule has 6 heteroatoms. The van der Waals surface area contributed by atoms with Crippen LogP contribution in [0.25, 0.3) is 6.08 Å². The number of halogens is 1. The van der Waals surface area contributed by atoms with E-state index in [4.69, 9.17) is 0 Å². The zero-order chi connectivity index (χ0) is 16.8. The molecule has 0 fully saturated rings. The van der Waals surface area contributed by atoms with Gasteiger partial charge in [-0.2, -0.15) is 0 Å². The van der Waals surface area contributed by atoms with Crippen molar-refractivity contribution in [2.75, 3.05) is 5.32 Å². The molecule has 2 aromatic heterocycles. The van der Waals surface area contributed by atoms with Crippen molar-refractivity contribution >= 4 is 28.5 Å². The van der Waals surface area contributed by atoms with E-state index in [1.165, 1.54) is 29.5 Å². The van der Waals surface area contributed by atoms with Gasteiger partial charge in [-0.3, -0.25) is 15.1 Å². The van der Waals surface area contributed by atoms with Crippen molar-refractivity contribution in [3.05, 3.63) is 82.9 Å². The van der Waals surface area contributed by atoms with Gasteiger partial charge in [-0.1, -0.05) is 18.2 Å². The van der Waals surface area contributed by atoms with Crippen LogP contribution in [0.15, 0.2) is 61.1 Å². The van der Waals surface area contributed by atoms with Gasteiger partial charge in [-0.15, -0.1) is 11.3 Å². The Morgan fingerprint density at radius 3 is 2.79 bits per heavy atom. The van der Waals surface area contributed by atoms with Crippen LogP contribution in [0.3, 0.4) is 0 Å². The number of pyridine rings is 1. The van der Waals surface area contributed by atoms with Crippen molar-refractivity contribution in [1.82, 2.24) is 9.97 Å². The maximum Gasteiger partial charge on any atom is 0.250 e. The Balaban J connectivity index is 1.58. The highest BCUT2D eigenvalue weighted by Crippen LogP contribution is 2.21. The minimum Gasteiger partial charge on any atom is -0.298 e. The molecule has 0 saturated heterocycles. The van der Waals surface area contributed by atoms with Crippen LogP contribution in [0, 0.1) is 5.82 Å². The lowest BCUT2D eigenvalue weighted by Gasteiger charge is -1.98. The molecule has 24 heavy (non-hydrogen) atoms. The molecule has 0 saturated carbocycles.